The molecule has 2 aromatic carbocycles. The molecule has 0 aliphatic rings. The van der Waals surface area contributed by atoms with Gasteiger partial charge in [-0.25, -0.2) is 4.98 Å². The van der Waals surface area contributed by atoms with Gasteiger partial charge in [0.05, 0.1) is 21.6 Å². The van der Waals surface area contributed by atoms with Crippen molar-refractivity contribution < 1.29 is 14.5 Å². The molecule has 0 saturated carbocycles. The van der Waals surface area contributed by atoms with Gasteiger partial charge in [0.15, 0.2) is 5.16 Å². The van der Waals surface area contributed by atoms with Gasteiger partial charge in [-0.2, -0.15) is 0 Å². The van der Waals surface area contributed by atoms with Crippen LogP contribution in [-0.2, 0) is 11.3 Å². The first-order valence-corrected chi connectivity index (χ1v) is 10.8. The Hall–Kier alpha value is -3.73. The zero-order valence-electron chi connectivity index (χ0n) is 17.2. The predicted octanol–water partition coefficient (Wildman–Crippen LogP) is 2.66. The van der Waals surface area contributed by atoms with Crippen molar-refractivity contribution in [2.75, 3.05) is 5.75 Å². The number of aromatic nitrogens is 2. The summed E-state index contributed by atoms with van der Waals surface area (Å²) in [6, 6.07) is 12.2. The summed E-state index contributed by atoms with van der Waals surface area (Å²) in [5.74, 6) is -1.29. The van der Waals surface area contributed by atoms with Crippen LogP contribution in [0.15, 0.2) is 58.5 Å². The molecule has 0 bridgehead atoms. The van der Waals surface area contributed by atoms with Crippen LogP contribution in [0.1, 0.15) is 30.1 Å². The van der Waals surface area contributed by atoms with E-state index in [-0.39, 0.29) is 22.6 Å². The molecule has 1 heterocycles. The lowest BCUT2D eigenvalue weighted by molar-refractivity contribution is -0.384. The van der Waals surface area contributed by atoms with Crippen LogP contribution in [0.25, 0.3) is 10.9 Å². The summed E-state index contributed by atoms with van der Waals surface area (Å²) in [5.41, 5.74) is 4.69. The van der Waals surface area contributed by atoms with E-state index in [1.165, 1.54) is 18.2 Å². The topological polar surface area (TPSA) is 136 Å². The number of carbonyl (C=O) groups excluding carboxylic acids is 2. The van der Waals surface area contributed by atoms with Gasteiger partial charge in [0.1, 0.15) is 0 Å². The van der Waals surface area contributed by atoms with Gasteiger partial charge in [-0.15, -0.1) is 0 Å². The summed E-state index contributed by atoms with van der Waals surface area (Å²) < 4.78 is 1.56. The highest BCUT2D eigenvalue weighted by Gasteiger charge is 2.15. The first kappa shape index (κ1) is 22.9. The third-order valence-corrected chi connectivity index (χ3v) is 5.51. The van der Waals surface area contributed by atoms with Gasteiger partial charge in [0.2, 0.25) is 5.91 Å². The normalized spacial score (nSPS) is 10.7. The molecule has 0 spiro atoms. The fourth-order valence-corrected chi connectivity index (χ4v) is 3.72. The van der Waals surface area contributed by atoms with E-state index in [1.54, 1.807) is 28.8 Å². The van der Waals surface area contributed by atoms with Crippen molar-refractivity contribution in [1.29, 1.82) is 0 Å². The number of benzene rings is 2. The molecule has 11 heteroatoms. The molecule has 0 radical (unpaired) electrons. The number of non-ortho nitro benzene ring substituents is 1. The highest BCUT2D eigenvalue weighted by atomic mass is 32.2. The van der Waals surface area contributed by atoms with E-state index >= 15 is 0 Å². The number of para-hydroxylation sites is 1. The maximum Gasteiger partial charge on any atom is 0.270 e. The molecule has 0 saturated heterocycles. The second-order valence-corrected chi connectivity index (χ2v) is 7.76. The lowest BCUT2D eigenvalue weighted by atomic mass is 10.2. The van der Waals surface area contributed by atoms with Crippen LogP contribution in [0.5, 0.6) is 0 Å². The highest BCUT2D eigenvalue weighted by Crippen LogP contribution is 2.18. The number of carbonyl (C=O) groups is 2. The SMILES string of the molecule is CCCCn1c(SCC(=O)NNC(=O)c2cccc([N+](=O)[O-])c2)nc2ccccc2c1=O. The van der Waals surface area contributed by atoms with Gasteiger partial charge in [-0.3, -0.25) is 39.9 Å². The largest absolute Gasteiger partial charge is 0.287 e. The standard InChI is InChI=1S/C21H21N5O5S/c1-2-3-11-25-20(29)16-9-4-5-10-17(16)22-21(25)32-13-18(27)23-24-19(28)14-7-6-8-15(12-14)26(30)31/h4-10,12H,2-3,11,13H2,1H3,(H,23,27)(H,24,28). The fourth-order valence-electron chi connectivity index (χ4n) is 2.90. The minimum atomic E-state index is -0.685. The van der Waals surface area contributed by atoms with Crippen molar-refractivity contribution in [3.63, 3.8) is 0 Å². The summed E-state index contributed by atoms with van der Waals surface area (Å²) in [5, 5.41) is 11.8. The van der Waals surface area contributed by atoms with E-state index in [4.69, 9.17) is 0 Å². The molecule has 0 atom stereocenters. The van der Waals surface area contributed by atoms with Crippen LogP contribution in [0, 0.1) is 10.1 Å². The van der Waals surface area contributed by atoms with Crippen molar-refractivity contribution in [3.8, 4) is 0 Å². The second kappa shape index (κ2) is 10.5. The van der Waals surface area contributed by atoms with Gasteiger partial charge in [-0.05, 0) is 24.6 Å². The third kappa shape index (κ3) is 5.49. The Balaban J connectivity index is 1.66. The molecule has 0 aliphatic heterocycles. The number of rotatable bonds is 8. The first-order valence-electron chi connectivity index (χ1n) is 9.86. The van der Waals surface area contributed by atoms with Crippen LogP contribution in [0.2, 0.25) is 0 Å². The summed E-state index contributed by atoms with van der Waals surface area (Å²) in [7, 11) is 0. The number of hydrazine groups is 1. The van der Waals surface area contributed by atoms with E-state index in [0.29, 0.717) is 22.6 Å². The Morgan fingerprint density at radius 1 is 1.16 bits per heavy atom. The predicted molar refractivity (Wildman–Crippen MR) is 120 cm³/mol. The molecule has 0 fully saturated rings. The monoisotopic (exact) mass is 455 g/mol. The number of nitro benzene ring substituents is 1. The minimum Gasteiger partial charge on any atom is -0.287 e. The van der Waals surface area contributed by atoms with E-state index in [9.17, 15) is 24.5 Å². The van der Waals surface area contributed by atoms with Crippen LogP contribution >= 0.6 is 11.8 Å². The molecule has 32 heavy (non-hydrogen) atoms. The quantitative estimate of drug-likeness (QED) is 0.231. The average molecular weight is 455 g/mol. The number of amides is 2. The Morgan fingerprint density at radius 2 is 1.94 bits per heavy atom. The number of thioether (sulfide) groups is 1. The van der Waals surface area contributed by atoms with Gasteiger partial charge >= 0.3 is 0 Å². The van der Waals surface area contributed by atoms with Crippen molar-refractivity contribution in [2.45, 2.75) is 31.5 Å². The molecule has 10 nitrogen and oxygen atoms in total. The van der Waals surface area contributed by atoms with Crippen LogP contribution < -0.4 is 16.4 Å². The number of fused-ring (bicyclic) bond motifs is 1. The number of hydrogen-bond acceptors (Lipinski definition) is 7. The third-order valence-electron chi connectivity index (χ3n) is 4.53. The highest BCUT2D eigenvalue weighted by molar-refractivity contribution is 7.99. The lowest BCUT2D eigenvalue weighted by Crippen LogP contribution is -2.42. The molecule has 3 aromatic rings. The number of nitrogens with zero attached hydrogens (tertiary/aromatic N) is 3. The minimum absolute atomic E-state index is 0.0387. The van der Waals surface area contributed by atoms with Crippen molar-refractivity contribution >= 4 is 40.2 Å². The van der Waals surface area contributed by atoms with Gasteiger partial charge in [0, 0.05) is 24.2 Å². The van der Waals surface area contributed by atoms with E-state index in [2.05, 4.69) is 15.8 Å². The molecular weight excluding hydrogens is 434 g/mol. The molecular formula is C21H21N5O5S. The molecule has 166 valence electrons. The molecule has 2 N–H and O–H groups in total. The Kier molecular flexibility index (Phi) is 7.55. The van der Waals surface area contributed by atoms with Crippen molar-refractivity contribution in [3.05, 3.63) is 74.6 Å². The summed E-state index contributed by atoms with van der Waals surface area (Å²) in [6.45, 7) is 2.50. The molecule has 0 aliphatic carbocycles. The lowest BCUT2D eigenvalue weighted by Gasteiger charge is -2.13. The zero-order valence-corrected chi connectivity index (χ0v) is 18.1. The number of hydrogen-bond donors (Lipinski definition) is 2. The van der Waals surface area contributed by atoms with E-state index < -0.39 is 16.7 Å². The molecule has 3 rings (SSSR count). The van der Waals surface area contributed by atoms with Gasteiger partial charge < -0.3 is 0 Å². The number of nitro groups is 1. The fraction of sp³-hybridized carbons (Fsp3) is 0.238. The number of unbranched alkanes of at least 4 members (excludes halogenated alkanes) is 1. The Morgan fingerprint density at radius 3 is 2.69 bits per heavy atom. The van der Waals surface area contributed by atoms with Crippen molar-refractivity contribution in [1.82, 2.24) is 20.4 Å². The maximum absolute atomic E-state index is 12.9. The van der Waals surface area contributed by atoms with Crippen LogP contribution in [-0.4, -0.2) is 32.0 Å². The number of nitrogens with one attached hydrogen (secondary N) is 2. The molecule has 1 aromatic heterocycles. The van der Waals surface area contributed by atoms with Gasteiger partial charge in [0.25, 0.3) is 17.2 Å². The van der Waals surface area contributed by atoms with Crippen molar-refractivity contribution in [2.24, 2.45) is 0 Å². The zero-order chi connectivity index (χ0) is 23.1. The summed E-state index contributed by atoms with van der Waals surface area (Å²) in [6.07, 6.45) is 1.69. The summed E-state index contributed by atoms with van der Waals surface area (Å²) in [4.78, 5) is 52.0. The Bertz CT molecular complexity index is 1230. The molecule has 2 amide bonds. The Labute approximate surface area is 187 Å². The summed E-state index contributed by atoms with van der Waals surface area (Å²) >= 11 is 1.09. The molecule has 0 unspecified atom stereocenters. The first-order chi connectivity index (χ1) is 15.4. The van der Waals surface area contributed by atoms with Crippen LogP contribution in [0.4, 0.5) is 5.69 Å². The van der Waals surface area contributed by atoms with Gasteiger partial charge in [-0.1, -0.05) is 43.3 Å². The smallest absolute Gasteiger partial charge is 0.270 e. The van der Waals surface area contributed by atoms with E-state index in [0.717, 1.165) is 30.7 Å². The second-order valence-electron chi connectivity index (χ2n) is 6.82. The van der Waals surface area contributed by atoms with Crippen LogP contribution in [0.3, 0.4) is 0 Å². The average Bonchev–Trinajstić information content (AvgIpc) is 2.80. The van der Waals surface area contributed by atoms with E-state index in [1.807, 2.05) is 6.92 Å². The maximum atomic E-state index is 12.9.